The van der Waals surface area contributed by atoms with Gasteiger partial charge in [0.25, 0.3) is 5.91 Å². The number of aliphatic carboxylic acids is 1. The van der Waals surface area contributed by atoms with E-state index in [1.54, 1.807) is 23.1 Å². The van der Waals surface area contributed by atoms with Crippen molar-refractivity contribution in [1.29, 1.82) is 0 Å². The summed E-state index contributed by atoms with van der Waals surface area (Å²) in [6.45, 7) is 4.55. The van der Waals surface area contributed by atoms with Gasteiger partial charge in [-0.2, -0.15) is 0 Å². The van der Waals surface area contributed by atoms with Gasteiger partial charge in [0.1, 0.15) is 0 Å². The molecule has 2 N–H and O–H groups in total. The van der Waals surface area contributed by atoms with Crippen molar-refractivity contribution in [2.75, 3.05) is 6.26 Å². The number of benzene rings is 1. The zero-order valence-corrected chi connectivity index (χ0v) is 20.9. The van der Waals surface area contributed by atoms with E-state index in [1.165, 1.54) is 10.6 Å². The lowest BCUT2D eigenvalue weighted by atomic mass is 9.69. The monoisotopic (exact) mass is 473 g/mol. The molecule has 4 nitrogen and oxygen atoms in total. The normalized spacial score (nSPS) is 23.6. The molecule has 3 rings (SSSR count). The molecule has 1 aromatic heterocycles. The van der Waals surface area contributed by atoms with Gasteiger partial charge in [0.2, 0.25) is 0 Å². The molecular weight excluding hydrogens is 438 g/mol. The van der Waals surface area contributed by atoms with E-state index >= 15 is 0 Å². The Morgan fingerprint density at radius 2 is 2.09 bits per heavy atom. The lowest BCUT2D eigenvalue weighted by Crippen LogP contribution is -2.47. The molecule has 1 heterocycles. The molecule has 3 unspecified atom stereocenters. The second-order valence-corrected chi connectivity index (χ2v) is 11.1. The Balaban J connectivity index is 1.72. The van der Waals surface area contributed by atoms with Crippen molar-refractivity contribution in [2.45, 2.75) is 69.0 Å². The minimum Gasteiger partial charge on any atom is -0.481 e. The maximum Gasteiger partial charge on any atom is 0.303 e. The maximum absolute atomic E-state index is 13.4. The molecule has 0 radical (unpaired) electrons. The molecule has 0 saturated heterocycles. The Bertz CT molecular complexity index is 952. The van der Waals surface area contributed by atoms with Gasteiger partial charge in [-0.1, -0.05) is 44.6 Å². The van der Waals surface area contributed by atoms with Gasteiger partial charge in [0, 0.05) is 17.2 Å². The molecule has 0 spiro atoms. The number of thiophene rings is 1. The number of unbranched alkanes of at least 4 members (excludes halogenated alkanes) is 1. The molecule has 32 heavy (non-hydrogen) atoms. The van der Waals surface area contributed by atoms with Crippen LogP contribution < -0.4 is 5.32 Å². The van der Waals surface area contributed by atoms with Crippen molar-refractivity contribution in [3.63, 3.8) is 0 Å². The fourth-order valence-corrected chi connectivity index (χ4v) is 6.75. The molecule has 1 amide bonds. The zero-order chi connectivity index (χ0) is 23.1. The number of hydrogen-bond donors (Lipinski definition) is 2. The number of thioether (sulfide) groups is 1. The minimum atomic E-state index is -0.737. The van der Waals surface area contributed by atoms with Crippen LogP contribution in [0.25, 0.3) is 10.1 Å². The van der Waals surface area contributed by atoms with Crippen molar-refractivity contribution >= 4 is 45.1 Å². The van der Waals surface area contributed by atoms with Crippen molar-refractivity contribution in [2.24, 2.45) is 17.8 Å². The molecular formula is C26H35NO3S2. The highest BCUT2D eigenvalue weighted by atomic mass is 32.2. The fourth-order valence-electron chi connectivity index (χ4n) is 5.02. The number of allylic oxidation sites excluding steroid dienone is 2. The van der Waals surface area contributed by atoms with Crippen LogP contribution in [-0.4, -0.2) is 29.3 Å². The summed E-state index contributed by atoms with van der Waals surface area (Å²) in [4.78, 5) is 24.1. The summed E-state index contributed by atoms with van der Waals surface area (Å²) in [5.41, 5.74) is 0.780. The van der Waals surface area contributed by atoms with E-state index in [1.807, 2.05) is 12.1 Å². The Labute approximate surface area is 199 Å². The van der Waals surface area contributed by atoms with Crippen molar-refractivity contribution in [3.05, 3.63) is 42.0 Å². The Kier molecular flexibility index (Phi) is 9.23. The average molecular weight is 474 g/mol. The second-order valence-electron chi connectivity index (χ2n) is 8.98. The predicted molar refractivity (Wildman–Crippen MR) is 136 cm³/mol. The van der Waals surface area contributed by atoms with Crippen LogP contribution in [0.5, 0.6) is 0 Å². The summed E-state index contributed by atoms with van der Waals surface area (Å²) in [5, 5.41) is 13.3. The van der Waals surface area contributed by atoms with Gasteiger partial charge in [-0.15, -0.1) is 23.1 Å². The van der Waals surface area contributed by atoms with Gasteiger partial charge in [0.15, 0.2) is 0 Å². The third kappa shape index (κ3) is 6.38. The summed E-state index contributed by atoms with van der Waals surface area (Å²) in [7, 11) is 0. The van der Waals surface area contributed by atoms with Crippen molar-refractivity contribution < 1.29 is 14.7 Å². The Morgan fingerprint density at radius 3 is 2.81 bits per heavy atom. The highest BCUT2D eigenvalue weighted by molar-refractivity contribution is 8.00. The van der Waals surface area contributed by atoms with E-state index in [9.17, 15) is 9.59 Å². The van der Waals surface area contributed by atoms with E-state index in [0.29, 0.717) is 24.2 Å². The number of rotatable bonds is 10. The number of nitrogens with one attached hydrogen (secondary N) is 1. The number of carbonyl (C=O) groups excluding carboxylic acids is 1. The van der Waals surface area contributed by atoms with Crippen LogP contribution in [0.2, 0.25) is 0 Å². The molecule has 0 bridgehead atoms. The first kappa shape index (κ1) is 24.8. The van der Waals surface area contributed by atoms with Crippen LogP contribution in [0.3, 0.4) is 0 Å². The van der Waals surface area contributed by atoms with Crippen molar-refractivity contribution in [3.8, 4) is 0 Å². The summed E-state index contributed by atoms with van der Waals surface area (Å²) < 4.78 is 2.30. The minimum absolute atomic E-state index is 0.0366. The number of carbonyl (C=O) groups is 2. The zero-order valence-electron chi connectivity index (χ0n) is 19.3. The lowest BCUT2D eigenvalue weighted by Gasteiger charge is -2.41. The summed E-state index contributed by atoms with van der Waals surface area (Å²) >= 11 is 3.41. The van der Waals surface area contributed by atoms with Gasteiger partial charge in [-0.3, -0.25) is 9.59 Å². The largest absolute Gasteiger partial charge is 0.481 e. The smallest absolute Gasteiger partial charge is 0.303 e. The summed E-state index contributed by atoms with van der Waals surface area (Å²) in [5.74, 6) is 0.906. The lowest BCUT2D eigenvalue weighted by molar-refractivity contribution is -0.137. The van der Waals surface area contributed by atoms with Crippen LogP contribution in [0.1, 0.15) is 69.2 Å². The molecule has 1 saturated carbocycles. The van der Waals surface area contributed by atoms with Crippen LogP contribution in [0, 0.1) is 17.8 Å². The first-order valence-electron chi connectivity index (χ1n) is 11.7. The Morgan fingerprint density at radius 1 is 1.28 bits per heavy atom. The molecule has 6 heteroatoms. The molecule has 2 aromatic rings. The average Bonchev–Trinajstić information content (AvgIpc) is 3.20. The maximum atomic E-state index is 13.4. The van der Waals surface area contributed by atoms with Gasteiger partial charge in [0.05, 0.1) is 9.77 Å². The van der Waals surface area contributed by atoms with Crippen LogP contribution in [0.4, 0.5) is 0 Å². The van der Waals surface area contributed by atoms with E-state index in [0.717, 1.165) is 41.3 Å². The van der Waals surface area contributed by atoms with Crippen molar-refractivity contribution in [1.82, 2.24) is 5.32 Å². The van der Waals surface area contributed by atoms with E-state index in [2.05, 4.69) is 49.7 Å². The van der Waals surface area contributed by atoms with Crippen LogP contribution in [-0.2, 0) is 4.79 Å². The van der Waals surface area contributed by atoms with E-state index in [-0.39, 0.29) is 18.4 Å². The number of hydrogen-bond acceptors (Lipinski definition) is 4. The predicted octanol–water partition coefficient (Wildman–Crippen LogP) is 7.00. The summed E-state index contributed by atoms with van der Waals surface area (Å²) in [6, 6.07) is 8.32. The van der Waals surface area contributed by atoms with Gasteiger partial charge in [-0.25, -0.2) is 0 Å². The van der Waals surface area contributed by atoms with E-state index in [4.69, 9.17) is 5.11 Å². The summed E-state index contributed by atoms with van der Waals surface area (Å²) in [6.07, 6.45) is 12.3. The molecule has 1 fully saturated rings. The number of amides is 1. The standard InChI is InChI=1S/C26H35NO3S2/c1-4-18-14-17(2)15-22(20(18)11-7-5-6-8-13-23(28)29)27-26(30)21-12-9-10-19-16-24(31-3)32-25(19)21/h5,7,9-10,12,16-18,20,22H,4,6,8,11,13-15H2,1-3H3,(H,27,30)(H,28,29)/b7-5-/t17-,18?,20?,22?/m0/s1. The van der Waals surface area contributed by atoms with Gasteiger partial charge < -0.3 is 10.4 Å². The SMILES string of the molecule is CCC1C[C@H](C)CC(NC(=O)c2cccc3cc(SC)sc23)C1C/C=C\CCCC(=O)O. The first-order chi connectivity index (χ1) is 15.4. The van der Waals surface area contributed by atoms with Gasteiger partial charge in [-0.05, 0) is 73.6 Å². The third-order valence-electron chi connectivity index (χ3n) is 6.63. The second kappa shape index (κ2) is 11.9. The quantitative estimate of drug-likeness (QED) is 0.222. The first-order valence-corrected chi connectivity index (χ1v) is 13.7. The van der Waals surface area contributed by atoms with Gasteiger partial charge >= 0.3 is 5.97 Å². The molecule has 1 aliphatic carbocycles. The van der Waals surface area contributed by atoms with Crippen LogP contribution in [0.15, 0.2) is 40.6 Å². The molecule has 4 atom stereocenters. The fraction of sp³-hybridized carbons (Fsp3) is 0.538. The third-order valence-corrected chi connectivity index (χ3v) is 8.88. The highest BCUT2D eigenvalue weighted by Gasteiger charge is 2.35. The number of carboxylic acid groups (broad SMARTS) is 1. The topological polar surface area (TPSA) is 66.4 Å². The number of fused-ring (bicyclic) bond motifs is 1. The van der Waals surface area contributed by atoms with E-state index < -0.39 is 5.97 Å². The van der Waals surface area contributed by atoms with Crippen LogP contribution >= 0.6 is 23.1 Å². The molecule has 174 valence electrons. The molecule has 1 aromatic carbocycles. The Hall–Kier alpha value is -1.79. The molecule has 0 aliphatic heterocycles. The molecule has 1 aliphatic rings. The number of carboxylic acids is 1. The highest BCUT2D eigenvalue weighted by Crippen LogP contribution is 2.39.